The van der Waals surface area contributed by atoms with E-state index in [4.69, 9.17) is 9.94 Å². The molecule has 0 saturated heterocycles. The third-order valence-electron chi connectivity index (χ3n) is 2.93. The first kappa shape index (κ1) is 13.9. The molecule has 0 spiro atoms. The summed E-state index contributed by atoms with van der Waals surface area (Å²) < 4.78 is 4.98. The quantitative estimate of drug-likeness (QED) is 0.435. The average molecular weight is 296 g/mol. The second-order valence-electron chi connectivity index (χ2n) is 4.52. The van der Waals surface area contributed by atoms with Gasteiger partial charge in [0.2, 0.25) is 0 Å². The van der Waals surface area contributed by atoms with Crippen LogP contribution in [0.1, 0.15) is 6.92 Å². The number of fused-ring (bicyclic) bond motifs is 1. The minimum atomic E-state index is -0.369. The lowest BCUT2D eigenvalue weighted by atomic mass is 10.1. The van der Waals surface area contributed by atoms with Gasteiger partial charge in [0.15, 0.2) is 11.5 Å². The number of nitrogens with zero attached hydrogens (tertiary/aromatic N) is 3. The second kappa shape index (κ2) is 5.74. The summed E-state index contributed by atoms with van der Waals surface area (Å²) in [5.74, 6) is 0.394. The molecule has 0 amide bonds. The molecule has 0 aliphatic carbocycles. The van der Waals surface area contributed by atoms with Gasteiger partial charge in [-0.15, -0.1) is 0 Å². The van der Waals surface area contributed by atoms with Crippen molar-refractivity contribution in [1.29, 1.82) is 0 Å². The maximum Gasteiger partial charge on any atom is 0.308 e. The molecule has 0 fully saturated rings. The molecule has 22 heavy (non-hydrogen) atoms. The highest BCUT2D eigenvalue weighted by atomic mass is 16.5. The number of benzene rings is 1. The predicted octanol–water partition coefficient (Wildman–Crippen LogP) is 2.42. The zero-order valence-electron chi connectivity index (χ0n) is 11.6. The topological polar surface area (TPSA) is 97.2 Å². The van der Waals surface area contributed by atoms with E-state index in [-0.39, 0.29) is 5.97 Å². The number of carbonyl (C=O) groups excluding carboxylic acids is 1. The Balaban J connectivity index is 1.96. The van der Waals surface area contributed by atoms with Crippen molar-refractivity contribution in [2.24, 2.45) is 0 Å². The number of aromatic nitrogens is 3. The van der Waals surface area contributed by atoms with Crippen molar-refractivity contribution < 1.29 is 14.7 Å². The number of carbonyl (C=O) groups is 1. The third-order valence-corrected chi connectivity index (χ3v) is 2.93. The van der Waals surface area contributed by atoms with Crippen molar-refractivity contribution in [2.45, 2.75) is 6.92 Å². The van der Waals surface area contributed by atoms with Gasteiger partial charge < -0.3 is 4.74 Å². The highest BCUT2D eigenvalue weighted by Crippen LogP contribution is 2.22. The predicted molar refractivity (Wildman–Crippen MR) is 79.5 cm³/mol. The van der Waals surface area contributed by atoms with Crippen molar-refractivity contribution in [3.63, 3.8) is 0 Å². The first-order valence-electron chi connectivity index (χ1n) is 6.48. The number of esters is 1. The Kier molecular flexibility index (Phi) is 3.63. The fraction of sp³-hybridized carbons (Fsp3) is 0.0667. The van der Waals surface area contributed by atoms with Crippen LogP contribution >= 0.6 is 0 Å². The fourth-order valence-electron chi connectivity index (χ4n) is 1.96. The number of anilines is 1. The summed E-state index contributed by atoms with van der Waals surface area (Å²) in [4.78, 5) is 23.7. The van der Waals surface area contributed by atoms with Gasteiger partial charge in [-0.05, 0) is 36.4 Å². The molecule has 7 heteroatoms. The van der Waals surface area contributed by atoms with E-state index >= 15 is 0 Å². The molecule has 2 heterocycles. The van der Waals surface area contributed by atoms with Crippen LogP contribution in [0, 0.1) is 0 Å². The lowest BCUT2D eigenvalue weighted by Gasteiger charge is -2.05. The Labute approximate surface area is 125 Å². The average Bonchev–Trinajstić information content (AvgIpc) is 2.54. The van der Waals surface area contributed by atoms with Gasteiger partial charge in [-0.25, -0.2) is 9.97 Å². The van der Waals surface area contributed by atoms with E-state index in [0.29, 0.717) is 28.4 Å². The molecule has 0 unspecified atom stereocenters. The molecule has 3 aromatic rings. The van der Waals surface area contributed by atoms with Crippen molar-refractivity contribution in [2.75, 3.05) is 5.48 Å². The highest BCUT2D eigenvalue weighted by molar-refractivity contribution is 5.75. The molecule has 2 aromatic heterocycles. The van der Waals surface area contributed by atoms with Crippen LogP contribution in [-0.4, -0.2) is 26.1 Å². The van der Waals surface area contributed by atoms with Gasteiger partial charge in [-0.1, -0.05) is 0 Å². The molecule has 7 nitrogen and oxygen atoms in total. The maximum atomic E-state index is 10.9. The molecule has 2 N–H and O–H groups in total. The Bertz CT molecular complexity index is 834. The van der Waals surface area contributed by atoms with E-state index in [1.807, 2.05) is 5.48 Å². The van der Waals surface area contributed by atoms with Gasteiger partial charge in [0.05, 0.1) is 11.9 Å². The molecule has 0 aliphatic rings. The van der Waals surface area contributed by atoms with Crippen LogP contribution in [0.15, 0.2) is 42.6 Å². The summed E-state index contributed by atoms with van der Waals surface area (Å²) in [6, 6.07) is 10.2. The number of ether oxygens (including phenoxy) is 1. The molecule has 0 bridgehead atoms. The third kappa shape index (κ3) is 2.84. The van der Waals surface area contributed by atoms with E-state index in [9.17, 15) is 4.79 Å². The first-order valence-corrected chi connectivity index (χ1v) is 6.48. The van der Waals surface area contributed by atoms with Gasteiger partial charge in [-0.2, -0.15) is 0 Å². The van der Waals surface area contributed by atoms with E-state index in [0.717, 1.165) is 5.56 Å². The van der Waals surface area contributed by atoms with Crippen molar-refractivity contribution in [1.82, 2.24) is 15.0 Å². The minimum Gasteiger partial charge on any atom is -0.427 e. The molecular weight excluding hydrogens is 284 g/mol. The number of nitrogens with one attached hydrogen (secondary N) is 1. The van der Waals surface area contributed by atoms with Crippen molar-refractivity contribution in [3.05, 3.63) is 42.6 Å². The summed E-state index contributed by atoms with van der Waals surface area (Å²) in [6.45, 7) is 1.35. The lowest BCUT2D eigenvalue weighted by Crippen LogP contribution is -2.01. The highest BCUT2D eigenvalue weighted by Gasteiger charge is 2.06. The molecule has 110 valence electrons. The Hall–Kier alpha value is -3.06. The van der Waals surface area contributed by atoms with E-state index in [1.165, 1.54) is 6.92 Å². The second-order valence-corrected chi connectivity index (χ2v) is 4.52. The molecule has 0 saturated carbocycles. The summed E-state index contributed by atoms with van der Waals surface area (Å²) in [7, 11) is 0. The van der Waals surface area contributed by atoms with Crippen LogP contribution < -0.4 is 10.2 Å². The van der Waals surface area contributed by atoms with E-state index in [1.54, 1.807) is 42.6 Å². The normalized spacial score (nSPS) is 10.5. The summed E-state index contributed by atoms with van der Waals surface area (Å²) in [6.07, 6.45) is 1.64. The van der Waals surface area contributed by atoms with Gasteiger partial charge in [0, 0.05) is 12.5 Å². The van der Waals surface area contributed by atoms with Gasteiger partial charge in [0.25, 0.3) is 0 Å². The number of pyridine rings is 1. The smallest absolute Gasteiger partial charge is 0.308 e. The first-order chi connectivity index (χ1) is 10.7. The summed E-state index contributed by atoms with van der Waals surface area (Å²) in [5.41, 5.74) is 4.46. The molecular formula is C15H12N4O3. The fourth-order valence-corrected chi connectivity index (χ4v) is 1.96. The van der Waals surface area contributed by atoms with Crippen LogP contribution in [0.25, 0.3) is 22.4 Å². The Morgan fingerprint density at radius 3 is 2.59 bits per heavy atom. The number of hydrogen-bond donors (Lipinski definition) is 2. The number of hydrogen-bond acceptors (Lipinski definition) is 7. The van der Waals surface area contributed by atoms with Crippen LogP contribution in [0.3, 0.4) is 0 Å². The van der Waals surface area contributed by atoms with Crippen LogP contribution in [0.4, 0.5) is 5.82 Å². The van der Waals surface area contributed by atoms with Crippen LogP contribution in [0.2, 0.25) is 0 Å². The van der Waals surface area contributed by atoms with Gasteiger partial charge in [-0.3, -0.25) is 20.5 Å². The van der Waals surface area contributed by atoms with Gasteiger partial charge in [0.1, 0.15) is 11.3 Å². The lowest BCUT2D eigenvalue weighted by molar-refractivity contribution is -0.131. The maximum absolute atomic E-state index is 10.9. The zero-order valence-corrected chi connectivity index (χ0v) is 11.6. The van der Waals surface area contributed by atoms with E-state index in [2.05, 4.69) is 15.0 Å². The van der Waals surface area contributed by atoms with Crippen LogP contribution in [-0.2, 0) is 4.79 Å². The van der Waals surface area contributed by atoms with Crippen molar-refractivity contribution in [3.8, 4) is 17.0 Å². The molecule has 1 aromatic carbocycles. The Morgan fingerprint density at radius 2 is 1.91 bits per heavy atom. The Morgan fingerprint density at radius 1 is 1.14 bits per heavy atom. The van der Waals surface area contributed by atoms with Gasteiger partial charge >= 0.3 is 5.97 Å². The van der Waals surface area contributed by atoms with Crippen molar-refractivity contribution >= 4 is 23.0 Å². The van der Waals surface area contributed by atoms with Crippen LogP contribution in [0.5, 0.6) is 5.75 Å². The van der Waals surface area contributed by atoms with E-state index < -0.39 is 0 Å². The molecule has 0 atom stereocenters. The largest absolute Gasteiger partial charge is 0.427 e. The summed E-state index contributed by atoms with van der Waals surface area (Å²) in [5, 5.41) is 8.88. The zero-order chi connectivity index (χ0) is 15.5. The molecule has 0 radical (unpaired) electrons. The molecule has 3 rings (SSSR count). The minimum absolute atomic E-state index is 0.296. The SMILES string of the molecule is CC(=O)Oc1ccc(-c2cnc3ccc(NO)nc3n2)cc1. The summed E-state index contributed by atoms with van der Waals surface area (Å²) >= 11 is 0. The monoisotopic (exact) mass is 296 g/mol. The standard InChI is InChI=1S/C15H12N4O3/c1-9(20)22-11-4-2-10(3-5-11)13-8-16-12-6-7-14(19-21)18-15(12)17-13/h2-8,21H,1H3,(H,17,18,19). The molecule has 0 aliphatic heterocycles. The number of rotatable bonds is 3.